The van der Waals surface area contributed by atoms with Gasteiger partial charge < -0.3 is 9.84 Å². The van der Waals surface area contributed by atoms with Crippen LogP contribution in [-0.4, -0.2) is 16.1 Å². The van der Waals surface area contributed by atoms with Crippen LogP contribution in [-0.2, 0) is 13.0 Å². The zero-order valence-electron chi connectivity index (χ0n) is 13.5. The standard InChI is InChI=1S/C19H16FNO3S/c1-12-6-7-17(24-10-13-4-2-3-5-15(13)20)14(8-12)9-18-21-16(11-25-18)19(22)23/h2-8,11H,9-10H2,1H3,(H,22,23). The van der Waals surface area contributed by atoms with Crippen molar-refractivity contribution in [3.05, 3.63) is 81.1 Å². The molecule has 3 aromatic rings. The Labute approximate surface area is 148 Å². The predicted octanol–water partition coefficient (Wildman–Crippen LogP) is 4.46. The highest BCUT2D eigenvalue weighted by Gasteiger charge is 2.12. The van der Waals surface area contributed by atoms with Gasteiger partial charge in [-0.05, 0) is 19.1 Å². The Bertz CT molecular complexity index is 907. The van der Waals surface area contributed by atoms with Crippen LogP contribution >= 0.6 is 11.3 Å². The fraction of sp³-hybridized carbons (Fsp3) is 0.158. The number of thiazole rings is 1. The van der Waals surface area contributed by atoms with E-state index in [2.05, 4.69) is 4.98 Å². The Morgan fingerprint density at radius 2 is 2.04 bits per heavy atom. The van der Waals surface area contributed by atoms with E-state index in [0.29, 0.717) is 22.7 Å². The van der Waals surface area contributed by atoms with E-state index in [4.69, 9.17) is 9.84 Å². The van der Waals surface area contributed by atoms with Crippen molar-refractivity contribution in [3.63, 3.8) is 0 Å². The summed E-state index contributed by atoms with van der Waals surface area (Å²) >= 11 is 1.30. The molecular formula is C19H16FNO3S. The lowest BCUT2D eigenvalue weighted by molar-refractivity contribution is 0.0691. The van der Waals surface area contributed by atoms with Crippen LogP contribution in [0.25, 0.3) is 0 Å². The number of ether oxygens (including phenoxy) is 1. The number of halogens is 1. The molecule has 0 atom stereocenters. The molecule has 25 heavy (non-hydrogen) atoms. The third-order valence-electron chi connectivity index (χ3n) is 3.67. The number of aromatic nitrogens is 1. The number of nitrogens with zero attached hydrogens (tertiary/aromatic N) is 1. The van der Waals surface area contributed by atoms with Gasteiger partial charge in [-0.2, -0.15) is 0 Å². The van der Waals surface area contributed by atoms with E-state index in [1.807, 2.05) is 25.1 Å². The van der Waals surface area contributed by atoms with Gasteiger partial charge >= 0.3 is 5.97 Å². The monoisotopic (exact) mass is 357 g/mol. The molecule has 0 unspecified atom stereocenters. The van der Waals surface area contributed by atoms with E-state index in [1.165, 1.54) is 22.8 Å². The molecule has 1 N–H and O–H groups in total. The lowest BCUT2D eigenvalue weighted by Gasteiger charge is -2.12. The van der Waals surface area contributed by atoms with Crippen molar-refractivity contribution in [1.29, 1.82) is 0 Å². The number of aromatic carboxylic acids is 1. The third-order valence-corrected chi connectivity index (χ3v) is 4.52. The van der Waals surface area contributed by atoms with Gasteiger partial charge in [-0.15, -0.1) is 11.3 Å². The summed E-state index contributed by atoms with van der Waals surface area (Å²) in [5, 5.41) is 11.2. The van der Waals surface area contributed by atoms with E-state index in [1.54, 1.807) is 18.2 Å². The van der Waals surface area contributed by atoms with Gasteiger partial charge in [0, 0.05) is 22.9 Å². The number of rotatable bonds is 6. The lowest BCUT2D eigenvalue weighted by Crippen LogP contribution is -2.02. The minimum Gasteiger partial charge on any atom is -0.489 e. The highest BCUT2D eigenvalue weighted by Crippen LogP contribution is 2.26. The van der Waals surface area contributed by atoms with Gasteiger partial charge in [-0.1, -0.05) is 35.9 Å². The van der Waals surface area contributed by atoms with E-state index in [0.717, 1.165) is 11.1 Å². The summed E-state index contributed by atoms with van der Waals surface area (Å²) in [5.74, 6) is -0.703. The van der Waals surface area contributed by atoms with Crippen molar-refractivity contribution < 1.29 is 19.0 Å². The summed E-state index contributed by atoms with van der Waals surface area (Å²) in [6, 6.07) is 12.2. The summed E-state index contributed by atoms with van der Waals surface area (Å²) in [6.45, 7) is 2.09. The number of carbonyl (C=O) groups is 1. The normalized spacial score (nSPS) is 10.6. The Morgan fingerprint density at radius 3 is 2.76 bits per heavy atom. The van der Waals surface area contributed by atoms with Gasteiger partial charge in [-0.3, -0.25) is 0 Å². The molecule has 0 saturated heterocycles. The van der Waals surface area contributed by atoms with Gasteiger partial charge in [0.15, 0.2) is 5.69 Å². The molecule has 0 aliphatic heterocycles. The fourth-order valence-electron chi connectivity index (χ4n) is 2.41. The van der Waals surface area contributed by atoms with Gasteiger partial charge in [0.25, 0.3) is 0 Å². The summed E-state index contributed by atoms with van der Waals surface area (Å²) in [4.78, 5) is 15.1. The van der Waals surface area contributed by atoms with E-state index in [-0.39, 0.29) is 18.1 Å². The number of benzene rings is 2. The molecule has 0 radical (unpaired) electrons. The molecule has 0 saturated carbocycles. The van der Waals surface area contributed by atoms with Crippen molar-refractivity contribution >= 4 is 17.3 Å². The number of hydrogen-bond acceptors (Lipinski definition) is 4. The molecule has 0 amide bonds. The van der Waals surface area contributed by atoms with Crippen LogP contribution in [0.4, 0.5) is 4.39 Å². The molecule has 2 aromatic carbocycles. The molecule has 3 rings (SSSR count). The maximum atomic E-state index is 13.7. The SMILES string of the molecule is Cc1ccc(OCc2ccccc2F)c(Cc2nc(C(=O)O)cs2)c1. The minimum atomic E-state index is -1.04. The maximum absolute atomic E-state index is 13.7. The Hall–Kier alpha value is -2.73. The highest BCUT2D eigenvalue weighted by atomic mass is 32.1. The first-order valence-electron chi connectivity index (χ1n) is 7.66. The molecule has 128 valence electrons. The maximum Gasteiger partial charge on any atom is 0.355 e. The fourth-order valence-corrected chi connectivity index (χ4v) is 3.20. The molecule has 1 heterocycles. The van der Waals surface area contributed by atoms with Crippen LogP contribution in [0.15, 0.2) is 47.8 Å². The number of aryl methyl sites for hydroxylation is 1. The van der Waals surface area contributed by atoms with Crippen LogP contribution in [0.3, 0.4) is 0 Å². The van der Waals surface area contributed by atoms with Gasteiger partial charge in [0.2, 0.25) is 0 Å². The molecule has 0 aliphatic carbocycles. The molecule has 0 bridgehead atoms. The van der Waals surface area contributed by atoms with Crippen molar-refractivity contribution in [2.75, 3.05) is 0 Å². The lowest BCUT2D eigenvalue weighted by atomic mass is 10.1. The van der Waals surface area contributed by atoms with E-state index < -0.39 is 5.97 Å². The van der Waals surface area contributed by atoms with Gasteiger partial charge in [-0.25, -0.2) is 14.2 Å². The number of hydrogen-bond donors (Lipinski definition) is 1. The van der Waals surface area contributed by atoms with E-state index >= 15 is 0 Å². The summed E-state index contributed by atoms with van der Waals surface area (Å²) in [6.07, 6.45) is 0.465. The largest absolute Gasteiger partial charge is 0.489 e. The van der Waals surface area contributed by atoms with Crippen LogP contribution < -0.4 is 4.74 Å². The number of carboxylic acids is 1. The first-order chi connectivity index (χ1) is 12.0. The molecule has 6 heteroatoms. The average Bonchev–Trinajstić information content (AvgIpc) is 3.04. The van der Waals surface area contributed by atoms with Gasteiger partial charge in [0.1, 0.15) is 18.2 Å². The van der Waals surface area contributed by atoms with Crippen LogP contribution in [0, 0.1) is 12.7 Å². The second-order valence-electron chi connectivity index (χ2n) is 5.60. The second-order valence-corrected chi connectivity index (χ2v) is 6.54. The first kappa shape index (κ1) is 17.1. The first-order valence-corrected chi connectivity index (χ1v) is 8.54. The summed E-state index contributed by atoms with van der Waals surface area (Å²) < 4.78 is 19.5. The van der Waals surface area contributed by atoms with Crippen molar-refractivity contribution in [1.82, 2.24) is 4.98 Å². The van der Waals surface area contributed by atoms with E-state index in [9.17, 15) is 9.18 Å². The molecule has 0 spiro atoms. The Balaban J connectivity index is 1.80. The van der Waals surface area contributed by atoms with Crippen LogP contribution in [0.1, 0.15) is 32.2 Å². The van der Waals surface area contributed by atoms with Crippen LogP contribution in [0.2, 0.25) is 0 Å². The Morgan fingerprint density at radius 1 is 1.24 bits per heavy atom. The molecule has 0 aliphatic rings. The molecule has 0 fully saturated rings. The molecule has 1 aromatic heterocycles. The molecule has 4 nitrogen and oxygen atoms in total. The number of carboxylic acid groups (broad SMARTS) is 1. The van der Waals surface area contributed by atoms with Crippen molar-refractivity contribution in [2.24, 2.45) is 0 Å². The van der Waals surface area contributed by atoms with Gasteiger partial charge in [0.05, 0.1) is 5.01 Å². The Kier molecular flexibility index (Phi) is 5.09. The third kappa shape index (κ3) is 4.22. The second kappa shape index (κ2) is 7.44. The van der Waals surface area contributed by atoms with Crippen molar-refractivity contribution in [3.8, 4) is 5.75 Å². The van der Waals surface area contributed by atoms with Crippen LogP contribution in [0.5, 0.6) is 5.75 Å². The topological polar surface area (TPSA) is 59.4 Å². The average molecular weight is 357 g/mol. The summed E-state index contributed by atoms with van der Waals surface area (Å²) in [5.41, 5.74) is 2.48. The van der Waals surface area contributed by atoms with Crippen molar-refractivity contribution in [2.45, 2.75) is 20.0 Å². The highest BCUT2D eigenvalue weighted by molar-refractivity contribution is 7.09. The quantitative estimate of drug-likeness (QED) is 0.708. The predicted molar refractivity (Wildman–Crippen MR) is 93.8 cm³/mol. The molecular weight excluding hydrogens is 341 g/mol. The zero-order valence-corrected chi connectivity index (χ0v) is 14.3. The summed E-state index contributed by atoms with van der Waals surface area (Å²) in [7, 11) is 0. The zero-order chi connectivity index (χ0) is 17.8. The smallest absolute Gasteiger partial charge is 0.355 e. The minimum absolute atomic E-state index is 0.0430.